The normalized spacial score (nSPS) is 11.0. The highest BCUT2D eigenvalue weighted by molar-refractivity contribution is 6.04. The number of ketones is 1. The first-order chi connectivity index (χ1) is 11.1. The second-order valence-corrected chi connectivity index (χ2v) is 4.65. The molecule has 2 aromatic heterocycles. The number of para-hydroxylation sites is 1. The van der Waals surface area contributed by atoms with Crippen LogP contribution in [0.25, 0.3) is 17.4 Å². The summed E-state index contributed by atoms with van der Waals surface area (Å²) in [6.07, 6.45) is 4.23. The summed E-state index contributed by atoms with van der Waals surface area (Å²) in [6, 6.07) is 12.8. The third kappa shape index (κ3) is 3.11. The molecule has 3 aromatic rings. The number of nitro groups is 1. The van der Waals surface area contributed by atoms with Crippen LogP contribution >= 0.6 is 0 Å². The van der Waals surface area contributed by atoms with Crippen molar-refractivity contribution in [1.82, 2.24) is 0 Å². The van der Waals surface area contributed by atoms with E-state index in [1.165, 1.54) is 24.5 Å². The Labute approximate surface area is 130 Å². The number of benzene rings is 1. The summed E-state index contributed by atoms with van der Waals surface area (Å²) in [4.78, 5) is 22.4. The fourth-order valence-electron chi connectivity index (χ4n) is 2.09. The van der Waals surface area contributed by atoms with E-state index in [0.717, 1.165) is 0 Å². The minimum absolute atomic E-state index is 0.0379. The first-order valence-corrected chi connectivity index (χ1v) is 6.75. The van der Waals surface area contributed by atoms with Gasteiger partial charge in [0, 0.05) is 6.07 Å². The zero-order chi connectivity index (χ0) is 16.2. The Kier molecular flexibility index (Phi) is 3.88. The third-order valence-corrected chi connectivity index (χ3v) is 3.16. The molecule has 114 valence electrons. The average Bonchev–Trinajstić information content (AvgIpc) is 3.24. The van der Waals surface area contributed by atoms with E-state index in [9.17, 15) is 14.9 Å². The fraction of sp³-hybridized carbons (Fsp3) is 0. The Morgan fingerprint density at radius 3 is 2.65 bits per heavy atom. The van der Waals surface area contributed by atoms with Gasteiger partial charge in [-0.05, 0) is 42.5 Å². The second kappa shape index (κ2) is 6.15. The van der Waals surface area contributed by atoms with E-state index in [-0.39, 0.29) is 17.2 Å². The van der Waals surface area contributed by atoms with E-state index in [4.69, 9.17) is 8.83 Å². The lowest BCUT2D eigenvalue weighted by molar-refractivity contribution is -0.384. The summed E-state index contributed by atoms with van der Waals surface area (Å²) in [5.74, 6) is 0.714. The minimum Gasteiger partial charge on any atom is -0.461 e. The van der Waals surface area contributed by atoms with E-state index in [2.05, 4.69) is 0 Å². The second-order valence-electron chi connectivity index (χ2n) is 4.65. The van der Waals surface area contributed by atoms with Crippen LogP contribution in [0.1, 0.15) is 16.3 Å². The molecule has 6 nitrogen and oxygen atoms in total. The maximum absolute atomic E-state index is 11.8. The van der Waals surface area contributed by atoms with Gasteiger partial charge < -0.3 is 8.83 Å². The van der Waals surface area contributed by atoms with Gasteiger partial charge in [0.25, 0.3) is 5.69 Å². The van der Waals surface area contributed by atoms with E-state index >= 15 is 0 Å². The number of carbonyl (C=O) groups excluding carboxylic acids is 1. The van der Waals surface area contributed by atoms with Crippen molar-refractivity contribution in [2.75, 3.05) is 0 Å². The largest absolute Gasteiger partial charge is 0.461 e. The maximum atomic E-state index is 11.8. The fourth-order valence-corrected chi connectivity index (χ4v) is 2.09. The van der Waals surface area contributed by atoms with Crippen LogP contribution in [0.2, 0.25) is 0 Å². The highest BCUT2D eigenvalue weighted by Crippen LogP contribution is 2.31. The van der Waals surface area contributed by atoms with Gasteiger partial charge in [-0.1, -0.05) is 12.1 Å². The zero-order valence-electron chi connectivity index (χ0n) is 11.8. The van der Waals surface area contributed by atoms with Gasteiger partial charge in [-0.3, -0.25) is 14.9 Å². The van der Waals surface area contributed by atoms with Crippen LogP contribution in [0, 0.1) is 10.1 Å². The Balaban J connectivity index is 1.84. The van der Waals surface area contributed by atoms with Gasteiger partial charge in [-0.25, -0.2) is 0 Å². The summed E-state index contributed by atoms with van der Waals surface area (Å²) >= 11 is 0. The smallest absolute Gasteiger partial charge is 0.280 e. The molecule has 0 spiro atoms. The quantitative estimate of drug-likeness (QED) is 0.303. The molecule has 2 heterocycles. The molecule has 0 amide bonds. The van der Waals surface area contributed by atoms with Gasteiger partial charge in [0.15, 0.2) is 5.76 Å². The molecule has 1 aromatic carbocycles. The molecule has 0 unspecified atom stereocenters. The SMILES string of the molecule is O=C(/C=C/c1ccc(-c2ccccc2[N+](=O)[O-])o1)c1ccco1. The molecule has 3 rings (SSSR count). The molecule has 0 atom stereocenters. The Hall–Kier alpha value is -3.41. The molecule has 23 heavy (non-hydrogen) atoms. The van der Waals surface area contributed by atoms with Crippen molar-refractivity contribution in [2.24, 2.45) is 0 Å². The highest BCUT2D eigenvalue weighted by atomic mass is 16.6. The van der Waals surface area contributed by atoms with Gasteiger partial charge in [-0.2, -0.15) is 0 Å². The molecule has 0 N–H and O–H groups in total. The molecule has 0 saturated heterocycles. The lowest BCUT2D eigenvalue weighted by Crippen LogP contribution is -1.90. The molecule has 0 fully saturated rings. The summed E-state index contributed by atoms with van der Waals surface area (Å²) < 4.78 is 10.5. The number of rotatable bonds is 5. The standard InChI is InChI=1S/C17H11NO5/c19-15(17-6-3-11-22-17)9-7-12-8-10-16(23-12)13-4-1-2-5-14(13)18(20)21/h1-11H/b9-7+. The monoisotopic (exact) mass is 309 g/mol. The van der Waals surface area contributed by atoms with E-state index in [1.807, 2.05) is 0 Å². The molecule has 6 heteroatoms. The number of carbonyl (C=O) groups is 1. The van der Waals surface area contributed by atoms with Crippen molar-refractivity contribution in [3.05, 3.63) is 82.5 Å². The predicted molar refractivity (Wildman–Crippen MR) is 82.9 cm³/mol. The number of nitrogens with zero attached hydrogens (tertiary/aromatic N) is 1. The van der Waals surface area contributed by atoms with Crippen molar-refractivity contribution in [3.8, 4) is 11.3 Å². The van der Waals surface area contributed by atoms with Crippen molar-refractivity contribution in [3.63, 3.8) is 0 Å². The van der Waals surface area contributed by atoms with Gasteiger partial charge in [0.2, 0.25) is 5.78 Å². The molecular weight excluding hydrogens is 298 g/mol. The van der Waals surface area contributed by atoms with Crippen LogP contribution in [-0.2, 0) is 0 Å². The third-order valence-electron chi connectivity index (χ3n) is 3.16. The van der Waals surface area contributed by atoms with Crippen molar-refractivity contribution in [1.29, 1.82) is 0 Å². The van der Waals surface area contributed by atoms with Gasteiger partial charge in [0.1, 0.15) is 11.5 Å². The highest BCUT2D eigenvalue weighted by Gasteiger charge is 2.16. The Bertz CT molecular complexity index is 874. The average molecular weight is 309 g/mol. The number of allylic oxidation sites excluding steroid dienone is 1. The number of furan rings is 2. The van der Waals surface area contributed by atoms with Crippen LogP contribution in [0.15, 0.2) is 69.7 Å². The van der Waals surface area contributed by atoms with Crippen LogP contribution in [0.4, 0.5) is 5.69 Å². The maximum Gasteiger partial charge on any atom is 0.280 e. The molecule has 0 radical (unpaired) electrons. The van der Waals surface area contributed by atoms with E-state index in [1.54, 1.807) is 42.5 Å². The summed E-state index contributed by atoms with van der Waals surface area (Å²) in [5, 5.41) is 11.0. The zero-order valence-corrected chi connectivity index (χ0v) is 11.8. The molecule has 0 aliphatic carbocycles. The Morgan fingerprint density at radius 2 is 1.91 bits per heavy atom. The Morgan fingerprint density at radius 1 is 1.09 bits per heavy atom. The molecular formula is C17H11NO5. The topological polar surface area (TPSA) is 86.5 Å². The van der Waals surface area contributed by atoms with Crippen LogP contribution < -0.4 is 0 Å². The van der Waals surface area contributed by atoms with E-state index in [0.29, 0.717) is 17.1 Å². The first kappa shape index (κ1) is 14.5. The summed E-state index contributed by atoms with van der Waals surface area (Å²) in [5.41, 5.74) is 0.346. The number of hydrogen-bond donors (Lipinski definition) is 0. The molecule has 0 aliphatic rings. The molecule has 0 bridgehead atoms. The van der Waals surface area contributed by atoms with Crippen molar-refractivity contribution in [2.45, 2.75) is 0 Å². The lowest BCUT2D eigenvalue weighted by atomic mass is 10.1. The lowest BCUT2D eigenvalue weighted by Gasteiger charge is -1.98. The molecule has 0 aliphatic heterocycles. The minimum atomic E-state index is -0.464. The van der Waals surface area contributed by atoms with Gasteiger partial charge >= 0.3 is 0 Å². The number of hydrogen-bond acceptors (Lipinski definition) is 5. The van der Waals surface area contributed by atoms with Crippen molar-refractivity contribution < 1.29 is 18.6 Å². The first-order valence-electron chi connectivity index (χ1n) is 6.75. The van der Waals surface area contributed by atoms with E-state index < -0.39 is 4.92 Å². The summed E-state index contributed by atoms with van der Waals surface area (Å²) in [7, 11) is 0. The number of nitro benzene ring substituents is 1. The van der Waals surface area contributed by atoms with Crippen LogP contribution in [0.5, 0.6) is 0 Å². The van der Waals surface area contributed by atoms with Crippen LogP contribution in [0.3, 0.4) is 0 Å². The van der Waals surface area contributed by atoms with Crippen molar-refractivity contribution >= 4 is 17.5 Å². The van der Waals surface area contributed by atoms with Crippen LogP contribution in [-0.4, -0.2) is 10.7 Å². The summed E-state index contributed by atoms with van der Waals surface area (Å²) in [6.45, 7) is 0. The molecule has 0 saturated carbocycles. The van der Waals surface area contributed by atoms with Gasteiger partial charge in [-0.15, -0.1) is 0 Å². The predicted octanol–water partition coefficient (Wildman–Crippen LogP) is 4.34. The van der Waals surface area contributed by atoms with Gasteiger partial charge in [0.05, 0.1) is 16.7 Å².